The molecule has 1 N–H and O–H groups in total. The Labute approximate surface area is 101 Å². The van der Waals surface area contributed by atoms with Crippen LogP contribution in [0.25, 0.3) is 0 Å². The summed E-state index contributed by atoms with van der Waals surface area (Å²) in [5.41, 5.74) is 0. The lowest BCUT2D eigenvalue weighted by atomic mass is 10.2. The molecule has 0 saturated heterocycles. The summed E-state index contributed by atoms with van der Waals surface area (Å²) in [6.07, 6.45) is 4.24. The van der Waals surface area contributed by atoms with E-state index in [2.05, 4.69) is 34.9 Å². The molecule has 0 aromatic carbocycles. The number of nitrogens with zero attached hydrogens (tertiary/aromatic N) is 2. The fourth-order valence-electron chi connectivity index (χ4n) is 1.60. The lowest BCUT2D eigenvalue weighted by Gasteiger charge is -2.12. The molecule has 0 radical (unpaired) electrons. The molecule has 0 amide bonds. The Morgan fingerprint density at radius 2 is 2.33 bits per heavy atom. The van der Waals surface area contributed by atoms with Crippen molar-refractivity contribution in [3.05, 3.63) is 10.6 Å². The van der Waals surface area contributed by atoms with Gasteiger partial charge in [0.2, 0.25) is 0 Å². The largest absolute Gasteiger partial charge is 0.304 e. The number of hydrogen-bond donors (Lipinski definition) is 1. The van der Waals surface area contributed by atoms with Crippen LogP contribution >= 0.6 is 24.0 Å². The molecule has 0 bridgehead atoms. The van der Waals surface area contributed by atoms with Gasteiger partial charge in [-0.15, -0.1) is 0 Å². The van der Waals surface area contributed by atoms with Crippen molar-refractivity contribution in [2.24, 2.45) is 5.92 Å². The van der Waals surface area contributed by atoms with Crippen LogP contribution in [0.1, 0.15) is 26.1 Å². The molecular weight excluding hydrogens is 226 g/mol. The van der Waals surface area contributed by atoms with Gasteiger partial charge < -0.3 is 4.57 Å². The van der Waals surface area contributed by atoms with Crippen LogP contribution in [-0.2, 0) is 13.0 Å². The number of aromatic amines is 1. The lowest BCUT2D eigenvalue weighted by molar-refractivity contribution is 0.508. The molecule has 1 rings (SSSR count). The maximum atomic E-state index is 5.23. The highest BCUT2D eigenvalue weighted by atomic mass is 32.2. The molecular formula is C10H19N3S2. The molecule has 1 aromatic heterocycles. The number of H-pyrrole nitrogens is 1. The molecule has 0 aliphatic carbocycles. The summed E-state index contributed by atoms with van der Waals surface area (Å²) < 4.78 is 2.89. The van der Waals surface area contributed by atoms with Crippen LogP contribution in [0.15, 0.2) is 0 Å². The second-order valence-electron chi connectivity index (χ2n) is 3.87. The van der Waals surface area contributed by atoms with Gasteiger partial charge in [0.15, 0.2) is 4.77 Å². The molecule has 5 heteroatoms. The lowest BCUT2D eigenvalue weighted by Crippen LogP contribution is -2.12. The third-order valence-corrected chi connectivity index (χ3v) is 3.47. The van der Waals surface area contributed by atoms with Crippen molar-refractivity contribution in [3.8, 4) is 0 Å². The zero-order chi connectivity index (χ0) is 11.3. The predicted molar refractivity (Wildman–Crippen MR) is 69.0 cm³/mol. The van der Waals surface area contributed by atoms with Gasteiger partial charge in [0.1, 0.15) is 5.82 Å². The molecule has 0 aliphatic heterocycles. The van der Waals surface area contributed by atoms with Crippen molar-refractivity contribution >= 4 is 24.0 Å². The maximum Gasteiger partial charge on any atom is 0.195 e. The Kier molecular flexibility index (Phi) is 5.39. The standard InChI is InChI=1S/C10H19N3S2/c1-4-5-9-11-12-10(14)13(9)6-8(2)7-15-3/h8H,4-7H2,1-3H3,(H,12,14). The summed E-state index contributed by atoms with van der Waals surface area (Å²) in [6.45, 7) is 5.39. The van der Waals surface area contributed by atoms with Gasteiger partial charge in [-0.1, -0.05) is 13.8 Å². The van der Waals surface area contributed by atoms with Gasteiger partial charge in [-0.05, 0) is 36.6 Å². The molecule has 3 nitrogen and oxygen atoms in total. The van der Waals surface area contributed by atoms with Crippen molar-refractivity contribution in [2.75, 3.05) is 12.0 Å². The number of hydrogen-bond acceptors (Lipinski definition) is 3. The number of thioether (sulfide) groups is 1. The normalized spacial score (nSPS) is 13.0. The van der Waals surface area contributed by atoms with Gasteiger partial charge in [-0.2, -0.15) is 16.9 Å². The fraction of sp³-hybridized carbons (Fsp3) is 0.800. The van der Waals surface area contributed by atoms with E-state index in [0.29, 0.717) is 5.92 Å². The second-order valence-corrected chi connectivity index (χ2v) is 5.16. The van der Waals surface area contributed by atoms with Crippen LogP contribution in [0, 0.1) is 10.7 Å². The quantitative estimate of drug-likeness (QED) is 0.782. The smallest absolute Gasteiger partial charge is 0.195 e. The van der Waals surface area contributed by atoms with Crippen LogP contribution in [0.4, 0.5) is 0 Å². The predicted octanol–water partition coefficient (Wildman–Crippen LogP) is 2.89. The monoisotopic (exact) mass is 245 g/mol. The average molecular weight is 245 g/mol. The van der Waals surface area contributed by atoms with Crippen LogP contribution < -0.4 is 0 Å². The summed E-state index contributed by atoms with van der Waals surface area (Å²) in [7, 11) is 0. The molecule has 15 heavy (non-hydrogen) atoms. The van der Waals surface area contributed by atoms with Gasteiger partial charge in [0, 0.05) is 13.0 Å². The molecule has 1 atom stereocenters. The second kappa shape index (κ2) is 6.33. The summed E-state index contributed by atoms with van der Waals surface area (Å²) in [5, 5.41) is 7.14. The van der Waals surface area contributed by atoms with Crippen LogP contribution in [-0.4, -0.2) is 26.8 Å². The van der Waals surface area contributed by atoms with Crippen LogP contribution in [0.2, 0.25) is 0 Å². The van der Waals surface area contributed by atoms with Gasteiger partial charge in [-0.3, -0.25) is 5.10 Å². The summed E-state index contributed by atoms with van der Waals surface area (Å²) in [5.74, 6) is 2.90. The first-order valence-corrected chi connectivity index (χ1v) is 7.12. The van der Waals surface area contributed by atoms with Crippen molar-refractivity contribution in [2.45, 2.75) is 33.2 Å². The molecule has 1 unspecified atom stereocenters. The summed E-state index contributed by atoms with van der Waals surface area (Å²) in [6, 6.07) is 0. The molecule has 0 aliphatic rings. The van der Waals surface area contributed by atoms with E-state index in [9.17, 15) is 0 Å². The van der Waals surface area contributed by atoms with E-state index in [1.165, 1.54) is 5.75 Å². The Morgan fingerprint density at radius 3 is 2.93 bits per heavy atom. The molecule has 0 saturated carbocycles. The topological polar surface area (TPSA) is 33.6 Å². The zero-order valence-electron chi connectivity index (χ0n) is 9.62. The van der Waals surface area contributed by atoms with E-state index in [1.54, 1.807) is 0 Å². The van der Waals surface area contributed by atoms with Gasteiger partial charge in [0.25, 0.3) is 0 Å². The first-order valence-electron chi connectivity index (χ1n) is 5.32. The minimum absolute atomic E-state index is 0.639. The molecule has 0 fully saturated rings. The van der Waals surface area contributed by atoms with Gasteiger partial charge in [0.05, 0.1) is 0 Å². The minimum Gasteiger partial charge on any atom is -0.304 e. The molecule has 1 aromatic rings. The first kappa shape index (κ1) is 12.8. The maximum absolute atomic E-state index is 5.23. The summed E-state index contributed by atoms with van der Waals surface area (Å²) in [4.78, 5) is 0. The zero-order valence-corrected chi connectivity index (χ0v) is 11.2. The van der Waals surface area contributed by atoms with E-state index in [-0.39, 0.29) is 0 Å². The first-order chi connectivity index (χ1) is 7.19. The molecule has 1 heterocycles. The van der Waals surface area contributed by atoms with Crippen LogP contribution in [0.3, 0.4) is 0 Å². The third kappa shape index (κ3) is 3.65. The average Bonchev–Trinajstić information content (AvgIpc) is 2.51. The van der Waals surface area contributed by atoms with Crippen molar-refractivity contribution < 1.29 is 0 Å². The van der Waals surface area contributed by atoms with E-state index in [4.69, 9.17) is 12.2 Å². The number of rotatable bonds is 6. The Hall–Kier alpha value is -0.290. The number of nitrogens with one attached hydrogen (secondary N) is 1. The summed E-state index contributed by atoms with van der Waals surface area (Å²) >= 11 is 7.11. The number of aromatic nitrogens is 3. The van der Waals surface area contributed by atoms with E-state index < -0.39 is 0 Å². The van der Waals surface area contributed by atoms with E-state index in [0.717, 1.165) is 30.0 Å². The Bertz CT molecular complexity index is 343. The van der Waals surface area contributed by atoms with Gasteiger partial charge in [-0.25, -0.2) is 0 Å². The molecule has 86 valence electrons. The fourth-order valence-corrected chi connectivity index (χ4v) is 2.50. The minimum atomic E-state index is 0.639. The highest BCUT2D eigenvalue weighted by Gasteiger charge is 2.08. The molecule has 0 spiro atoms. The third-order valence-electron chi connectivity index (χ3n) is 2.26. The Balaban J connectivity index is 2.73. The Morgan fingerprint density at radius 1 is 1.60 bits per heavy atom. The van der Waals surface area contributed by atoms with E-state index >= 15 is 0 Å². The SMILES string of the molecule is CCCc1n[nH]c(=S)n1CC(C)CSC. The highest BCUT2D eigenvalue weighted by Crippen LogP contribution is 2.10. The van der Waals surface area contributed by atoms with Crippen molar-refractivity contribution in [3.63, 3.8) is 0 Å². The van der Waals surface area contributed by atoms with Crippen molar-refractivity contribution in [1.82, 2.24) is 14.8 Å². The van der Waals surface area contributed by atoms with Gasteiger partial charge >= 0.3 is 0 Å². The number of aryl methyl sites for hydroxylation is 1. The van der Waals surface area contributed by atoms with Crippen LogP contribution in [0.5, 0.6) is 0 Å². The van der Waals surface area contributed by atoms with Crippen molar-refractivity contribution in [1.29, 1.82) is 0 Å². The highest BCUT2D eigenvalue weighted by molar-refractivity contribution is 7.98. The van der Waals surface area contributed by atoms with E-state index in [1.807, 2.05) is 11.8 Å².